The molecule has 5 heteroatoms. The highest BCUT2D eigenvalue weighted by Crippen LogP contribution is 2.09. The maximum Gasteiger partial charge on any atom is 0.0719 e. The van der Waals surface area contributed by atoms with Crippen LogP contribution in [-0.2, 0) is 11.3 Å². The third-order valence-corrected chi connectivity index (χ3v) is 2.11. The Morgan fingerprint density at radius 2 is 2.33 bits per heavy atom. The summed E-state index contributed by atoms with van der Waals surface area (Å²) in [5.41, 5.74) is 2.15. The molecule has 0 aliphatic rings. The van der Waals surface area contributed by atoms with Crippen LogP contribution in [-0.4, -0.2) is 21.6 Å². The summed E-state index contributed by atoms with van der Waals surface area (Å²) in [7, 11) is 0. The van der Waals surface area contributed by atoms with Gasteiger partial charge in [0, 0.05) is 0 Å². The SMILES string of the molecule is NOCCc1cccc(-n2ccnn2)c1. The monoisotopic (exact) mass is 204 g/mol. The molecule has 0 fully saturated rings. The van der Waals surface area contributed by atoms with Gasteiger partial charge in [0.1, 0.15) is 0 Å². The van der Waals surface area contributed by atoms with Crippen LogP contribution >= 0.6 is 0 Å². The first-order chi connectivity index (χ1) is 7.40. The van der Waals surface area contributed by atoms with E-state index < -0.39 is 0 Å². The lowest BCUT2D eigenvalue weighted by atomic mass is 10.1. The van der Waals surface area contributed by atoms with Crippen LogP contribution in [0.25, 0.3) is 5.69 Å². The smallest absolute Gasteiger partial charge is 0.0719 e. The van der Waals surface area contributed by atoms with E-state index in [0.29, 0.717) is 6.61 Å². The third kappa shape index (κ3) is 2.39. The van der Waals surface area contributed by atoms with Gasteiger partial charge in [-0.25, -0.2) is 10.6 Å². The van der Waals surface area contributed by atoms with Crippen molar-refractivity contribution in [2.24, 2.45) is 5.90 Å². The molecule has 1 aromatic carbocycles. The summed E-state index contributed by atoms with van der Waals surface area (Å²) in [6.07, 6.45) is 4.24. The van der Waals surface area contributed by atoms with Gasteiger partial charge in [-0.1, -0.05) is 17.3 Å². The second-order valence-corrected chi connectivity index (χ2v) is 3.14. The number of hydrogen-bond donors (Lipinski definition) is 1. The summed E-state index contributed by atoms with van der Waals surface area (Å²) < 4.78 is 1.72. The standard InChI is InChI=1S/C10H12N4O/c11-15-7-4-9-2-1-3-10(8-9)14-6-5-12-13-14/h1-3,5-6,8H,4,7,11H2. The summed E-state index contributed by atoms with van der Waals surface area (Å²) in [5.74, 6) is 4.98. The Labute approximate surface area is 87.4 Å². The Bertz CT molecular complexity index is 413. The number of rotatable bonds is 4. The average molecular weight is 204 g/mol. The van der Waals surface area contributed by atoms with E-state index in [0.717, 1.165) is 17.7 Å². The van der Waals surface area contributed by atoms with Gasteiger partial charge < -0.3 is 4.84 Å². The minimum atomic E-state index is 0.515. The lowest BCUT2D eigenvalue weighted by molar-refractivity contribution is 0.141. The molecule has 0 saturated carbocycles. The Hall–Kier alpha value is -1.72. The van der Waals surface area contributed by atoms with E-state index in [2.05, 4.69) is 15.1 Å². The molecule has 5 nitrogen and oxygen atoms in total. The molecule has 0 saturated heterocycles. The molecule has 0 radical (unpaired) electrons. The third-order valence-electron chi connectivity index (χ3n) is 2.11. The minimum absolute atomic E-state index is 0.515. The minimum Gasteiger partial charge on any atom is -0.304 e. The van der Waals surface area contributed by atoms with Gasteiger partial charge in [-0.05, 0) is 24.1 Å². The van der Waals surface area contributed by atoms with E-state index in [9.17, 15) is 0 Å². The molecule has 0 bridgehead atoms. The van der Waals surface area contributed by atoms with Gasteiger partial charge in [-0.3, -0.25) is 0 Å². The van der Waals surface area contributed by atoms with Crippen molar-refractivity contribution in [3.63, 3.8) is 0 Å². The molecule has 15 heavy (non-hydrogen) atoms. The van der Waals surface area contributed by atoms with Gasteiger partial charge in [0.15, 0.2) is 0 Å². The number of benzene rings is 1. The number of aromatic nitrogens is 3. The molecule has 0 amide bonds. The van der Waals surface area contributed by atoms with E-state index in [4.69, 9.17) is 5.90 Å². The number of nitrogens with zero attached hydrogens (tertiary/aromatic N) is 3. The van der Waals surface area contributed by atoms with Crippen molar-refractivity contribution in [2.75, 3.05) is 6.61 Å². The maximum absolute atomic E-state index is 4.98. The van der Waals surface area contributed by atoms with Crippen molar-refractivity contribution in [1.82, 2.24) is 15.0 Å². The summed E-state index contributed by atoms with van der Waals surface area (Å²) in [6.45, 7) is 0.515. The predicted molar refractivity (Wildman–Crippen MR) is 55.2 cm³/mol. The normalized spacial score (nSPS) is 10.5. The fourth-order valence-electron chi connectivity index (χ4n) is 1.38. The molecule has 0 spiro atoms. The molecule has 2 N–H and O–H groups in total. The van der Waals surface area contributed by atoms with Gasteiger partial charge in [0.25, 0.3) is 0 Å². The fraction of sp³-hybridized carbons (Fsp3) is 0.200. The molecule has 0 aliphatic carbocycles. The molecule has 2 aromatic rings. The van der Waals surface area contributed by atoms with E-state index in [1.165, 1.54) is 0 Å². The fourth-order valence-corrected chi connectivity index (χ4v) is 1.38. The lowest BCUT2D eigenvalue weighted by Crippen LogP contribution is -2.04. The molecule has 0 unspecified atom stereocenters. The quantitative estimate of drug-likeness (QED) is 0.744. The topological polar surface area (TPSA) is 66.0 Å². The van der Waals surface area contributed by atoms with Gasteiger partial charge >= 0.3 is 0 Å². The largest absolute Gasteiger partial charge is 0.304 e. The predicted octanol–water partition coefficient (Wildman–Crippen LogP) is 0.700. The van der Waals surface area contributed by atoms with Gasteiger partial charge in [0.05, 0.1) is 24.7 Å². The van der Waals surface area contributed by atoms with Crippen molar-refractivity contribution in [1.29, 1.82) is 0 Å². The maximum atomic E-state index is 4.98. The molecule has 0 atom stereocenters. The highest BCUT2D eigenvalue weighted by Gasteiger charge is 1.98. The Kier molecular flexibility index (Phi) is 3.06. The first kappa shape index (κ1) is 9.82. The molecule has 0 aliphatic heterocycles. The Morgan fingerprint density at radius 3 is 3.07 bits per heavy atom. The van der Waals surface area contributed by atoms with Crippen LogP contribution in [0.1, 0.15) is 5.56 Å². The van der Waals surface area contributed by atoms with Crippen molar-refractivity contribution < 1.29 is 4.84 Å². The van der Waals surface area contributed by atoms with Crippen LogP contribution in [0, 0.1) is 0 Å². The molecule has 1 aromatic heterocycles. The van der Waals surface area contributed by atoms with Crippen molar-refractivity contribution in [3.05, 3.63) is 42.2 Å². The van der Waals surface area contributed by atoms with E-state index in [1.54, 1.807) is 17.1 Å². The Morgan fingerprint density at radius 1 is 1.40 bits per heavy atom. The Balaban J connectivity index is 2.19. The summed E-state index contributed by atoms with van der Waals surface area (Å²) in [4.78, 5) is 4.54. The molecule has 1 heterocycles. The molecule has 78 valence electrons. The summed E-state index contributed by atoms with van der Waals surface area (Å²) in [5, 5.41) is 7.68. The zero-order valence-electron chi connectivity index (χ0n) is 8.21. The average Bonchev–Trinajstić information content (AvgIpc) is 2.80. The van der Waals surface area contributed by atoms with Crippen LogP contribution in [0.4, 0.5) is 0 Å². The van der Waals surface area contributed by atoms with Crippen molar-refractivity contribution in [2.45, 2.75) is 6.42 Å². The first-order valence-corrected chi connectivity index (χ1v) is 4.67. The zero-order valence-corrected chi connectivity index (χ0v) is 8.21. The zero-order chi connectivity index (χ0) is 10.5. The highest BCUT2D eigenvalue weighted by molar-refractivity contribution is 5.34. The van der Waals surface area contributed by atoms with Gasteiger partial charge in [0.2, 0.25) is 0 Å². The second kappa shape index (κ2) is 4.68. The number of hydrogen-bond acceptors (Lipinski definition) is 4. The summed E-state index contributed by atoms with van der Waals surface area (Å²) in [6, 6.07) is 8.01. The van der Waals surface area contributed by atoms with E-state index in [1.807, 2.05) is 24.3 Å². The van der Waals surface area contributed by atoms with Crippen LogP contribution in [0.3, 0.4) is 0 Å². The van der Waals surface area contributed by atoms with Gasteiger partial charge in [-0.2, -0.15) is 0 Å². The molecule has 2 rings (SSSR count). The second-order valence-electron chi connectivity index (χ2n) is 3.14. The van der Waals surface area contributed by atoms with Crippen LogP contribution in [0.2, 0.25) is 0 Å². The lowest BCUT2D eigenvalue weighted by Gasteiger charge is -2.03. The summed E-state index contributed by atoms with van der Waals surface area (Å²) >= 11 is 0. The molecular weight excluding hydrogens is 192 g/mol. The van der Waals surface area contributed by atoms with Gasteiger partial charge in [-0.15, -0.1) is 5.10 Å². The first-order valence-electron chi connectivity index (χ1n) is 4.67. The highest BCUT2D eigenvalue weighted by atomic mass is 16.6. The van der Waals surface area contributed by atoms with E-state index in [-0.39, 0.29) is 0 Å². The van der Waals surface area contributed by atoms with Crippen LogP contribution in [0.5, 0.6) is 0 Å². The van der Waals surface area contributed by atoms with Crippen LogP contribution < -0.4 is 5.90 Å². The van der Waals surface area contributed by atoms with E-state index >= 15 is 0 Å². The molecular formula is C10H12N4O. The number of nitrogens with two attached hydrogens (primary N) is 1. The van der Waals surface area contributed by atoms with Crippen LogP contribution in [0.15, 0.2) is 36.7 Å². The van der Waals surface area contributed by atoms with Crippen molar-refractivity contribution in [3.8, 4) is 5.69 Å². The van der Waals surface area contributed by atoms with Crippen molar-refractivity contribution >= 4 is 0 Å².